The lowest BCUT2D eigenvalue weighted by molar-refractivity contribution is 0.259. The van der Waals surface area contributed by atoms with Crippen molar-refractivity contribution in [2.75, 3.05) is 5.32 Å². The number of para-hydroxylation sites is 2. The van der Waals surface area contributed by atoms with Crippen LogP contribution >= 0.6 is 0 Å². The summed E-state index contributed by atoms with van der Waals surface area (Å²) in [6.45, 7) is 0. The number of carbonyl (C=O) groups excluding carboxylic acids is 1. The van der Waals surface area contributed by atoms with Gasteiger partial charge in [0.2, 0.25) is 5.89 Å². The fourth-order valence-electron chi connectivity index (χ4n) is 2.05. The molecule has 6 nitrogen and oxygen atoms in total. The van der Waals surface area contributed by atoms with E-state index in [0.717, 1.165) is 0 Å². The maximum Gasteiger partial charge on any atom is 0.347 e. The number of hydrogen-bond donors (Lipinski definition) is 2. The van der Waals surface area contributed by atoms with Gasteiger partial charge in [-0.1, -0.05) is 24.3 Å². The lowest BCUT2D eigenvalue weighted by atomic mass is 10.1. The number of hydrogen-bond acceptors (Lipinski definition) is 4. The topological polar surface area (TPSA) is 98.2 Å². The van der Waals surface area contributed by atoms with Crippen molar-refractivity contribution in [1.82, 2.24) is 4.98 Å². The summed E-state index contributed by atoms with van der Waals surface area (Å²) in [7, 11) is 0. The maximum absolute atomic E-state index is 12.0. The number of aromatic nitrogens is 1. The van der Waals surface area contributed by atoms with E-state index in [9.17, 15) is 9.59 Å². The van der Waals surface area contributed by atoms with Gasteiger partial charge in [-0.05, 0) is 24.3 Å². The largest absolute Gasteiger partial charge is 0.403 e. The number of fused-ring (bicyclic) bond motifs is 1. The van der Waals surface area contributed by atoms with E-state index in [4.69, 9.17) is 10.2 Å². The fraction of sp³-hybridized carbons (Fsp3) is 0. The molecule has 0 saturated carbocycles. The second-order valence-corrected chi connectivity index (χ2v) is 4.36. The molecular formula is C15H11N3O3. The van der Waals surface area contributed by atoms with Gasteiger partial charge in [-0.15, -0.1) is 0 Å². The lowest BCUT2D eigenvalue weighted by Crippen LogP contribution is -2.19. The molecule has 6 heteroatoms. The molecule has 3 rings (SSSR count). The molecule has 0 atom stereocenters. The first-order chi connectivity index (χ1) is 10.1. The predicted molar refractivity (Wildman–Crippen MR) is 78.9 cm³/mol. The highest BCUT2D eigenvalue weighted by atomic mass is 16.4. The molecule has 0 aliphatic heterocycles. The maximum atomic E-state index is 12.0. The third-order valence-electron chi connectivity index (χ3n) is 2.95. The van der Waals surface area contributed by atoms with Crippen molar-refractivity contribution in [2.24, 2.45) is 5.73 Å². The summed E-state index contributed by atoms with van der Waals surface area (Å²) >= 11 is 0. The average molecular weight is 281 g/mol. The van der Waals surface area contributed by atoms with Gasteiger partial charge in [-0.25, -0.2) is 14.6 Å². The Bertz CT molecular complexity index is 886. The van der Waals surface area contributed by atoms with Gasteiger partial charge in [0.05, 0.1) is 22.2 Å². The Morgan fingerprint density at radius 2 is 1.81 bits per heavy atom. The first-order valence-corrected chi connectivity index (χ1v) is 6.21. The number of urea groups is 1. The highest BCUT2D eigenvalue weighted by Gasteiger charge is 2.12. The fourth-order valence-corrected chi connectivity index (χ4v) is 2.05. The van der Waals surface area contributed by atoms with Crippen LogP contribution in [0.1, 0.15) is 0 Å². The van der Waals surface area contributed by atoms with Crippen LogP contribution in [0.4, 0.5) is 10.5 Å². The van der Waals surface area contributed by atoms with Crippen LogP contribution in [0, 0.1) is 0 Å². The Balaban J connectivity index is 2.21. The van der Waals surface area contributed by atoms with Crippen LogP contribution in [0.5, 0.6) is 0 Å². The molecule has 0 aliphatic rings. The third-order valence-corrected chi connectivity index (χ3v) is 2.95. The van der Waals surface area contributed by atoms with Gasteiger partial charge < -0.3 is 15.5 Å². The summed E-state index contributed by atoms with van der Waals surface area (Å²) < 4.78 is 5.24. The molecule has 0 spiro atoms. The van der Waals surface area contributed by atoms with E-state index in [1.54, 1.807) is 48.5 Å². The first kappa shape index (κ1) is 12.9. The molecular weight excluding hydrogens is 270 g/mol. The van der Waals surface area contributed by atoms with Crippen LogP contribution in [0.15, 0.2) is 57.7 Å². The monoisotopic (exact) mass is 281 g/mol. The Labute approximate surface area is 119 Å². The van der Waals surface area contributed by atoms with Crippen LogP contribution in [-0.4, -0.2) is 11.0 Å². The van der Waals surface area contributed by atoms with Gasteiger partial charge in [-0.3, -0.25) is 0 Å². The highest BCUT2D eigenvalue weighted by molar-refractivity contribution is 5.92. The number of amides is 2. The smallest absolute Gasteiger partial charge is 0.347 e. The molecule has 1 heterocycles. The minimum absolute atomic E-state index is 0.128. The van der Waals surface area contributed by atoms with Crippen molar-refractivity contribution >= 4 is 22.6 Å². The SMILES string of the molecule is NC(=O)Nc1ccccc1-c1nc2ccccc2c(=O)o1. The summed E-state index contributed by atoms with van der Waals surface area (Å²) in [4.78, 5) is 27.3. The van der Waals surface area contributed by atoms with Gasteiger partial charge >= 0.3 is 11.7 Å². The average Bonchev–Trinajstić information content (AvgIpc) is 2.47. The molecule has 0 saturated heterocycles. The zero-order valence-corrected chi connectivity index (χ0v) is 10.9. The van der Waals surface area contributed by atoms with Gasteiger partial charge in [0.1, 0.15) is 0 Å². The Hall–Kier alpha value is -3.15. The van der Waals surface area contributed by atoms with Crippen LogP contribution < -0.4 is 16.7 Å². The van der Waals surface area contributed by atoms with Crippen LogP contribution in [0.25, 0.3) is 22.4 Å². The van der Waals surface area contributed by atoms with E-state index in [1.807, 2.05) is 0 Å². The predicted octanol–water partition coefficient (Wildman–Crippen LogP) is 2.35. The number of anilines is 1. The van der Waals surface area contributed by atoms with E-state index in [1.165, 1.54) is 0 Å². The number of nitrogens with zero attached hydrogens (tertiary/aromatic N) is 1. The number of carbonyl (C=O) groups is 1. The second-order valence-electron chi connectivity index (χ2n) is 4.36. The van der Waals surface area contributed by atoms with Crippen molar-refractivity contribution in [3.8, 4) is 11.5 Å². The third kappa shape index (κ3) is 2.46. The molecule has 2 amide bonds. The standard InChI is InChI=1S/C15H11N3O3/c16-15(20)18-11-7-3-1-5-9(11)13-17-12-8-4-2-6-10(12)14(19)21-13/h1-8H,(H3,16,18,20). The quantitative estimate of drug-likeness (QED) is 0.753. The number of nitrogens with one attached hydrogen (secondary N) is 1. The van der Waals surface area contributed by atoms with Crippen molar-refractivity contribution < 1.29 is 9.21 Å². The normalized spacial score (nSPS) is 10.5. The first-order valence-electron chi connectivity index (χ1n) is 6.21. The summed E-state index contributed by atoms with van der Waals surface area (Å²) in [5, 5.41) is 2.88. The molecule has 3 N–H and O–H groups in total. The van der Waals surface area contributed by atoms with Crippen molar-refractivity contribution in [2.45, 2.75) is 0 Å². The van der Waals surface area contributed by atoms with E-state index in [-0.39, 0.29) is 5.89 Å². The number of primary amides is 1. The summed E-state index contributed by atoms with van der Waals surface area (Å²) in [6.07, 6.45) is 0. The van der Waals surface area contributed by atoms with Gasteiger partial charge in [0.15, 0.2) is 0 Å². The van der Waals surface area contributed by atoms with Gasteiger partial charge in [0, 0.05) is 0 Å². The molecule has 0 radical (unpaired) electrons. The van der Waals surface area contributed by atoms with Crippen LogP contribution in [0.2, 0.25) is 0 Å². The van der Waals surface area contributed by atoms with E-state index in [2.05, 4.69) is 10.3 Å². The van der Waals surface area contributed by atoms with Crippen molar-refractivity contribution in [3.05, 3.63) is 59.0 Å². The summed E-state index contributed by atoms with van der Waals surface area (Å²) in [6, 6.07) is 13.0. The second kappa shape index (κ2) is 5.09. The summed E-state index contributed by atoms with van der Waals surface area (Å²) in [5.41, 5.74) is 6.08. The Morgan fingerprint density at radius 1 is 1.10 bits per heavy atom. The summed E-state index contributed by atoms with van der Waals surface area (Å²) in [5.74, 6) is 0.128. The number of nitrogens with two attached hydrogens (primary N) is 1. The number of benzene rings is 2. The van der Waals surface area contributed by atoms with Crippen LogP contribution in [0.3, 0.4) is 0 Å². The molecule has 0 aliphatic carbocycles. The minimum Gasteiger partial charge on any atom is -0.403 e. The molecule has 104 valence electrons. The highest BCUT2D eigenvalue weighted by Crippen LogP contribution is 2.26. The Morgan fingerprint density at radius 3 is 2.62 bits per heavy atom. The molecule has 0 fully saturated rings. The van der Waals surface area contributed by atoms with Crippen LogP contribution in [-0.2, 0) is 0 Å². The lowest BCUT2D eigenvalue weighted by Gasteiger charge is -2.08. The Kier molecular flexibility index (Phi) is 3.12. The number of rotatable bonds is 2. The molecule has 2 aromatic carbocycles. The minimum atomic E-state index is -0.703. The molecule has 3 aromatic rings. The molecule has 0 unspecified atom stereocenters. The van der Waals surface area contributed by atoms with Crippen molar-refractivity contribution in [3.63, 3.8) is 0 Å². The van der Waals surface area contributed by atoms with E-state index >= 15 is 0 Å². The van der Waals surface area contributed by atoms with E-state index in [0.29, 0.717) is 22.2 Å². The van der Waals surface area contributed by atoms with Gasteiger partial charge in [-0.2, -0.15) is 0 Å². The van der Waals surface area contributed by atoms with Gasteiger partial charge in [0.25, 0.3) is 0 Å². The van der Waals surface area contributed by atoms with E-state index < -0.39 is 11.7 Å². The molecule has 21 heavy (non-hydrogen) atoms. The molecule has 0 bridgehead atoms. The van der Waals surface area contributed by atoms with Crippen molar-refractivity contribution in [1.29, 1.82) is 0 Å². The zero-order valence-electron chi connectivity index (χ0n) is 10.9. The zero-order chi connectivity index (χ0) is 14.8. The molecule has 1 aromatic heterocycles.